The van der Waals surface area contributed by atoms with Gasteiger partial charge in [0, 0.05) is 44.0 Å². The molecule has 1 saturated heterocycles. The Balaban J connectivity index is 0.00000363. The van der Waals surface area contributed by atoms with Crippen LogP contribution in [0.1, 0.15) is 28.4 Å². The van der Waals surface area contributed by atoms with Crippen molar-refractivity contribution in [1.82, 2.24) is 10.2 Å². The van der Waals surface area contributed by atoms with Gasteiger partial charge in [0.1, 0.15) is 0 Å². The van der Waals surface area contributed by atoms with Gasteiger partial charge in [-0.3, -0.25) is 4.79 Å². The van der Waals surface area contributed by atoms with Crippen molar-refractivity contribution >= 4 is 41.5 Å². The zero-order valence-electron chi connectivity index (χ0n) is 17.7. The first kappa shape index (κ1) is 25.8. The van der Waals surface area contributed by atoms with Gasteiger partial charge < -0.3 is 20.9 Å². The van der Waals surface area contributed by atoms with Crippen LogP contribution < -0.4 is 16.0 Å². The third kappa shape index (κ3) is 6.75. The first-order valence-corrected chi connectivity index (χ1v) is 10.1. The molecule has 32 heavy (non-hydrogen) atoms. The van der Waals surface area contributed by atoms with Gasteiger partial charge >= 0.3 is 6.18 Å². The van der Waals surface area contributed by atoms with Crippen LogP contribution in [0.4, 0.5) is 18.9 Å². The summed E-state index contributed by atoms with van der Waals surface area (Å²) in [6.45, 7) is 5.48. The molecule has 2 aromatic rings. The molecule has 0 bridgehead atoms. The normalized spacial score (nSPS) is 14.7. The van der Waals surface area contributed by atoms with E-state index in [1.165, 1.54) is 12.1 Å². The summed E-state index contributed by atoms with van der Waals surface area (Å²) in [6, 6.07) is 12.5. The van der Waals surface area contributed by atoms with Crippen LogP contribution in [0.5, 0.6) is 0 Å². The van der Waals surface area contributed by atoms with Crippen LogP contribution in [-0.2, 0) is 12.7 Å². The van der Waals surface area contributed by atoms with Gasteiger partial charge in [0.05, 0.1) is 12.1 Å². The lowest BCUT2D eigenvalue weighted by Gasteiger charge is -2.38. The van der Waals surface area contributed by atoms with Crippen molar-refractivity contribution in [2.75, 3.05) is 37.6 Å². The molecule has 2 aromatic carbocycles. The second kappa shape index (κ2) is 11.4. The van der Waals surface area contributed by atoms with Gasteiger partial charge in [-0.2, -0.15) is 13.2 Å². The van der Waals surface area contributed by atoms with Crippen LogP contribution in [0.3, 0.4) is 0 Å². The molecule has 1 aliphatic heterocycles. The number of guanidine groups is 1. The van der Waals surface area contributed by atoms with Gasteiger partial charge in [0.15, 0.2) is 5.96 Å². The van der Waals surface area contributed by atoms with Crippen molar-refractivity contribution in [3.05, 3.63) is 65.2 Å². The first-order valence-electron chi connectivity index (χ1n) is 10.1. The lowest BCUT2D eigenvalue weighted by Crippen LogP contribution is -2.52. The van der Waals surface area contributed by atoms with Crippen molar-refractivity contribution in [2.45, 2.75) is 19.6 Å². The number of halogens is 4. The smallest absolute Gasteiger partial charge is 0.368 e. The van der Waals surface area contributed by atoms with Gasteiger partial charge in [0.25, 0.3) is 0 Å². The molecule has 174 valence electrons. The minimum absolute atomic E-state index is 0. The van der Waals surface area contributed by atoms with E-state index in [-0.39, 0.29) is 24.0 Å². The molecule has 1 heterocycles. The maximum Gasteiger partial charge on any atom is 0.416 e. The lowest BCUT2D eigenvalue weighted by molar-refractivity contribution is -0.137. The number of anilines is 1. The maximum atomic E-state index is 13.0. The monoisotopic (exact) mass is 561 g/mol. The van der Waals surface area contributed by atoms with Gasteiger partial charge in [-0.15, -0.1) is 24.0 Å². The molecule has 0 radical (unpaired) electrons. The van der Waals surface area contributed by atoms with E-state index in [4.69, 9.17) is 5.73 Å². The van der Waals surface area contributed by atoms with Crippen LogP contribution in [-0.4, -0.2) is 49.5 Å². The molecular formula is C22H27F3IN5O. The van der Waals surface area contributed by atoms with E-state index in [9.17, 15) is 18.0 Å². The largest absolute Gasteiger partial charge is 0.416 e. The number of benzene rings is 2. The molecule has 3 N–H and O–H groups in total. The predicted molar refractivity (Wildman–Crippen MR) is 130 cm³/mol. The molecule has 0 aromatic heterocycles. The fraction of sp³-hybridized carbons (Fsp3) is 0.364. The number of alkyl halides is 3. The Kier molecular flexibility index (Phi) is 9.17. The summed E-state index contributed by atoms with van der Waals surface area (Å²) in [4.78, 5) is 20.1. The zero-order chi connectivity index (χ0) is 22.4. The third-order valence-electron chi connectivity index (χ3n) is 5.08. The highest BCUT2D eigenvalue weighted by Crippen LogP contribution is 2.31. The fourth-order valence-corrected chi connectivity index (χ4v) is 3.47. The van der Waals surface area contributed by atoms with Gasteiger partial charge in [-0.25, -0.2) is 4.99 Å². The highest BCUT2D eigenvalue weighted by atomic mass is 127. The molecule has 10 heteroatoms. The van der Waals surface area contributed by atoms with Crippen LogP contribution in [0, 0.1) is 0 Å². The second-order valence-corrected chi connectivity index (χ2v) is 7.26. The Morgan fingerprint density at radius 3 is 2.41 bits per heavy atom. The van der Waals surface area contributed by atoms with E-state index >= 15 is 0 Å². The van der Waals surface area contributed by atoms with Crippen molar-refractivity contribution in [3.8, 4) is 0 Å². The number of amides is 1. The molecular weight excluding hydrogens is 534 g/mol. The molecule has 0 aliphatic carbocycles. The maximum absolute atomic E-state index is 13.0. The zero-order valence-corrected chi connectivity index (χ0v) is 20.1. The molecule has 0 unspecified atom stereocenters. The summed E-state index contributed by atoms with van der Waals surface area (Å²) in [5.41, 5.74) is 6.57. The number of nitrogens with zero attached hydrogens (tertiary/aromatic N) is 3. The Morgan fingerprint density at radius 1 is 1.09 bits per heavy atom. The standard InChI is InChI=1S/C22H26F3N5O.HI/c1-2-27-21(28-15-16-5-3-6-17(13-16)20(26)31)30-11-9-29(10-12-30)19-8-4-7-18(14-19)22(23,24)25;/h3-8,13-14H,2,9-12,15H2,1H3,(H2,26,31)(H,27,28);1H. The Bertz CT molecular complexity index is 943. The molecule has 1 fully saturated rings. The molecule has 6 nitrogen and oxygen atoms in total. The minimum Gasteiger partial charge on any atom is -0.368 e. The number of piperazine rings is 1. The molecule has 3 rings (SSSR count). The van der Waals surface area contributed by atoms with E-state index < -0.39 is 17.6 Å². The summed E-state index contributed by atoms with van der Waals surface area (Å²) in [5, 5.41) is 3.26. The summed E-state index contributed by atoms with van der Waals surface area (Å²) in [5.74, 6) is 0.249. The number of carbonyl (C=O) groups excluding carboxylic acids is 1. The topological polar surface area (TPSA) is 74.0 Å². The summed E-state index contributed by atoms with van der Waals surface area (Å²) in [6.07, 6.45) is -4.35. The molecule has 1 aliphatic rings. The van der Waals surface area contributed by atoms with Crippen LogP contribution in [0.2, 0.25) is 0 Å². The first-order chi connectivity index (χ1) is 14.8. The number of hydrogen-bond donors (Lipinski definition) is 2. The summed E-state index contributed by atoms with van der Waals surface area (Å²) < 4.78 is 39.0. The molecule has 0 saturated carbocycles. The van der Waals surface area contributed by atoms with Crippen molar-refractivity contribution in [1.29, 1.82) is 0 Å². The van der Waals surface area contributed by atoms with Crippen LogP contribution in [0.25, 0.3) is 0 Å². The van der Waals surface area contributed by atoms with Crippen molar-refractivity contribution < 1.29 is 18.0 Å². The number of aliphatic imine (C=N–C) groups is 1. The third-order valence-corrected chi connectivity index (χ3v) is 5.08. The van der Waals surface area contributed by atoms with E-state index in [0.717, 1.165) is 17.6 Å². The lowest BCUT2D eigenvalue weighted by atomic mass is 10.1. The van der Waals surface area contributed by atoms with Gasteiger partial charge in [-0.1, -0.05) is 18.2 Å². The number of carbonyl (C=O) groups is 1. The fourth-order valence-electron chi connectivity index (χ4n) is 3.47. The number of hydrogen-bond acceptors (Lipinski definition) is 3. The SMILES string of the molecule is CCNC(=NCc1cccc(C(N)=O)c1)N1CCN(c2cccc(C(F)(F)F)c2)CC1.I. The Morgan fingerprint density at radius 2 is 1.78 bits per heavy atom. The Labute approximate surface area is 202 Å². The number of primary amides is 1. The average molecular weight is 561 g/mol. The number of nitrogens with two attached hydrogens (primary N) is 1. The van der Waals surface area contributed by atoms with Crippen molar-refractivity contribution in [2.24, 2.45) is 10.7 Å². The molecule has 0 spiro atoms. The number of nitrogens with one attached hydrogen (secondary N) is 1. The van der Waals surface area contributed by atoms with E-state index in [0.29, 0.717) is 50.5 Å². The quantitative estimate of drug-likeness (QED) is 0.332. The minimum atomic E-state index is -4.35. The Hall–Kier alpha value is -2.50. The molecule has 1 amide bonds. The average Bonchev–Trinajstić information content (AvgIpc) is 2.76. The van der Waals surface area contributed by atoms with E-state index in [1.807, 2.05) is 17.9 Å². The molecule has 0 atom stereocenters. The van der Waals surface area contributed by atoms with E-state index in [2.05, 4.69) is 15.2 Å². The van der Waals surface area contributed by atoms with Crippen LogP contribution in [0.15, 0.2) is 53.5 Å². The highest BCUT2D eigenvalue weighted by Gasteiger charge is 2.31. The predicted octanol–water partition coefficient (Wildman–Crippen LogP) is 3.71. The second-order valence-electron chi connectivity index (χ2n) is 7.26. The van der Waals surface area contributed by atoms with Gasteiger partial charge in [0.2, 0.25) is 5.91 Å². The number of rotatable bonds is 5. The highest BCUT2D eigenvalue weighted by molar-refractivity contribution is 14.0. The van der Waals surface area contributed by atoms with E-state index in [1.54, 1.807) is 24.3 Å². The summed E-state index contributed by atoms with van der Waals surface area (Å²) >= 11 is 0. The summed E-state index contributed by atoms with van der Waals surface area (Å²) in [7, 11) is 0. The van der Waals surface area contributed by atoms with Crippen molar-refractivity contribution in [3.63, 3.8) is 0 Å². The van der Waals surface area contributed by atoms with Gasteiger partial charge in [-0.05, 0) is 42.8 Å². The van der Waals surface area contributed by atoms with Crippen LogP contribution >= 0.6 is 24.0 Å².